The minimum atomic E-state index is -2.50. The van der Waals surface area contributed by atoms with Crippen molar-refractivity contribution in [1.29, 1.82) is 0 Å². The summed E-state index contributed by atoms with van der Waals surface area (Å²) in [6, 6.07) is 9.19. The van der Waals surface area contributed by atoms with E-state index in [1.807, 2.05) is 44.2 Å². The first-order valence-electron chi connectivity index (χ1n) is 6.87. The second-order valence-corrected chi connectivity index (χ2v) is 5.48. The summed E-state index contributed by atoms with van der Waals surface area (Å²) in [5.74, 6) is -0.133. The minimum absolute atomic E-state index is 0.0958. The van der Waals surface area contributed by atoms with Crippen LogP contribution in [0, 0.1) is 5.92 Å². The Bertz CT molecular complexity index is 450. The van der Waals surface area contributed by atoms with E-state index in [-0.39, 0.29) is 18.0 Å². The largest absolute Gasteiger partial charge is 0.320 e. The summed E-state index contributed by atoms with van der Waals surface area (Å²) in [5, 5.41) is 3.19. The SMILES string of the molecule is CC(C)C1NC(Cc2ccccc2)C(=O)N1CC(F)F. The van der Waals surface area contributed by atoms with E-state index >= 15 is 0 Å². The molecule has 20 heavy (non-hydrogen) atoms. The molecule has 0 spiro atoms. The molecule has 1 aliphatic heterocycles. The van der Waals surface area contributed by atoms with Crippen LogP contribution in [0.25, 0.3) is 0 Å². The van der Waals surface area contributed by atoms with Gasteiger partial charge in [0.15, 0.2) is 0 Å². The molecule has 0 saturated carbocycles. The van der Waals surface area contributed by atoms with Crippen LogP contribution in [0.5, 0.6) is 0 Å². The van der Waals surface area contributed by atoms with E-state index in [1.165, 1.54) is 4.90 Å². The van der Waals surface area contributed by atoms with Crippen molar-refractivity contribution >= 4 is 5.91 Å². The average molecular weight is 282 g/mol. The lowest BCUT2D eigenvalue weighted by molar-refractivity contribution is -0.132. The van der Waals surface area contributed by atoms with Crippen molar-refractivity contribution in [2.75, 3.05) is 6.54 Å². The quantitative estimate of drug-likeness (QED) is 0.898. The van der Waals surface area contributed by atoms with E-state index in [2.05, 4.69) is 5.32 Å². The molecule has 1 heterocycles. The Hall–Kier alpha value is -1.49. The number of amides is 1. The van der Waals surface area contributed by atoms with Crippen molar-refractivity contribution in [2.24, 2.45) is 5.92 Å². The van der Waals surface area contributed by atoms with Crippen molar-refractivity contribution in [3.05, 3.63) is 35.9 Å². The van der Waals surface area contributed by atoms with E-state index in [0.29, 0.717) is 6.42 Å². The van der Waals surface area contributed by atoms with Gasteiger partial charge in [0.2, 0.25) is 5.91 Å². The minimum Gasteiger partial charge on any atom is -0.320 e. The first-order chi connectivity index (χ1) is 9.49. The van der Waals surface area contributed by atoms with Gasteiger partial charge in [0.05, 0.1) is 18.8 Å². The molecular formula is C15H20F2N2O. The van der Waals surface area contributed by atoms with Crippen LogP contribution < -0.4 is 5.32 Å². The molecule has 2 unspecified atom stereocenters. The van der Waals surface area contributed by atoms with Gasteiger partial charge < -0.3 is 4.90 Å². The fourth-order valence-electron chi connectivity index (χ4n) is 2.61. The maximum absolute atomic E-state index is 12.6. The van der Waals surface area contributed by atoms with E-state index in [4.69, 9.17) is 0 Å². The van der Waals surface area contributed by atoms with Gasteiger partial charge in [-0.2, -0.15) is 0 Å². The second kappa shape index (κ2) is 6.31. The number of rotatable bonds is 5. The van der Waals surface area contributed by atoms with Crippen LogP contribution >= 0.6 is 0 Å². The van der Waals surface area contributed by atoms with Crippen LogP contribution in [0.15, 0.2) is 30.3 Å². The molecule has 2 rings (SSSR count). The van der Waals surface area contributed by atoms with Gasteiger partial charge in [-0.25, -0.2) is 8.78 Å². The Morgan fingerprint density at radius 3 is 2.45 bits per heavy atom. The molecule has 1 aromatic carbocycles. The Kier molecular flexibility index (Phi) is 4.70. The van der Waals surface area contributed by atoms with E-state index in [0.717, 1.165) is 5.56 Å². The number of carbonyl (C=O) groups excluding carboxylic acids is 1. The first kappa shape index (κ1) is 14.9. The van der Waals surface area contributed by atoms with Crippen LogP contribution in [0.2, 0.25) is 0 Å². The molecule has 1 aromatic rings. The van der Waals surface area contributed by atoms with Crippen molar-refractivity contribution in [1.82, 2.24) is 10.2 Å². The number of hydrogen-bond acceptors (Lipinski definition) is 2. The fraction of sp³-hybridized carbons (Fsp3) is 0.533. The second-order valence-electron chi connectivity index (χ2n) is 5.48. The zero-order valence-corrected chi connectivity index (χ0v) is 11.7. The number of benzene rings is 1. The zero-order chi connectivity index (χ0) is 14.7. The Morgan fingerprint density at radius 2 is 1.90 bits per heavy atom. The smallest absolute Gasteiger partial charge is 0.255 e. The Morgan fingerprint density at radius 1 is 1.25 bits per heavy atom. The third kappa shape index (κ3) is 3.33. The number of carbonyl (C=O) groups is 1. The lowest BCUT2D eigenvalue weighted by Gasteiger charge is -2.26. The van der Waals surface area contributed by atoms with Crippen LogP contribution in [0.3, 0.4) is 0 Å². The predicted octanol–water partition coefficient (Wildman–Crippen LogP) is 2.28. The molecule has 0 aliphatic carbocycles. The fourth-order valence-corrected chi connectivity index (χ4v) is 2.61. The van der Waals surface area contributed by atoms with Crippen LogP contribution in [-0.4, -0.2) is 36.0 Å². The van der Waals surface area contributed by atoms with Crippen molar-refractivity contribution in [2.45, 2.75) is 38.9 Å². The lowest BCUT2D eigenvalue weighted by atomic mass is 10.1. The summed E-state index contributed by atoms with van der Waals surface area (Å²) in [7, 11) is 0. The van der Waals surface area contributed by atoms with Gasteiger partial charge in [-0.15, -0.1) is 0 Å². The highest BCUT2D eigenvalue weighted by Gasteiger charge is 2.40. The average Bonchev–Trinajstić information content (AvgIpc) is 2.69. The van der Waals surface area contributed by atoms with Crippen molar-refractivity contribution in [3.63, 3.8) is 0 Å². The van der Waals surface area contributed by atoms with Gasteiger partial charge in [0.1, 0.15) is 0 Å². The summed E-state index contributed by atoms with van der Waals surface area (Å²) in [5.41, 5.74) is 1.03. The monoisotopic (exact) mass is 282 g/mol. The van der Waals surface area contributed by atoms with Crippen LogP contribution in [0.1, 0.15) is 19.4 Å². The van der Waals surface area contributed by atoms with Crippen LogP contribution in [-0.2, 0) is 11.2 Å². The van der Waals surface area contributed by atoms with Gasteiger partial charge in [-0.3, -0.25) is 10.1 Å². The summed E-state index contributed by atoms with van der Waals surface area (Å²) < 4.78 is 25.3. The molecule has 5 heteroatoms. The number of nitrogens with zero attached hydrogens (tertiary/aromatic N) is 1. The van der Waals surface area contributed by atoms with E-state index in [9.17, 15) is 13.6 Å². The summed E-state index contributed by atoms with van der Waals surface area (Å²) >= 11 is 0. The highest BCUT2D eigenvalue weighted by Crippen LogP contribution is 2.21. The molecule has 0 aromatic heterocycles. The third-order valence-electron chi connectivity index (χ3n) is 3.54. The lowest BCUT2D eigenvalue weighted by Crippen LogP contribution is -2.43. The predicted molar refractivity (Wildman–Crippen MR) is 73.4 cm³/mol. The standard InChI is InChI=1S/C15H20F2N2O/c1-10(2)14-18-12(8-11-6-4-3-5-7-11)15(20)19(14)9-13(16)17/h3-7,10,12-14,18H,8-9H2,1-2H3. The van der Waals surface area contributed by atoms with Gasteiger partial charge in [0.25, 0.3) is 6.43 Å². The Labute approximate surface area is 118 Å². The maximum atomic E-state index is 12.6. The molecule has 0 radical (unpaired) electrons. The Balaban J connectivity index is 2.10. The molecule has 1 fully saturated rings. The van der Waals surface area contributed by atoms with Gasteiger partial charge in [0, 0.05) is 0 Å². The summed E-state index contributed by atoms with van der Waals surface area (Å²) in [6.45, 7) is 3.35. The van der Waals surface area contributed by atoms with Gasteiger partial charge >= 0.3 is 0 Å². The van der Waals surface area contributed by atoms with E-state index in [1.54, 1.807) is 0 Å². The first-order valence-corrected chi connectivity index (χ1v) is 6.87. The maximum Gasteiger partial charge on any atom is 0.255 e. The van der Waals surface area contributed by atoms with E-state index < -0.39 is 19.0 Å². The number of nitrogens with one attached hydrogen (secondary N) is 1. The third-order valence-corrected chi connectivity index (χ3v) is 3.54. The van der Waals surface area contributed by atoms with Gasteiger partial charge in [-0.1, -0.05) is 44.2 Å². The molecule has 1 saturated heterocycles. The molecule has 1 N–H and O–H groups in total. The number of alkyl halides is 2. The summed E-state index contributed by atoms with van der Waals surface area (Å²) in [4.78, 5) is 13.6. The van der Waals surface area contributed by atoms with Crippen LogP contribution in [0.4, 0.5) is 8.78 Å². The van der Waals surface area contributed by atoms with Gasteiger partial charge in [-0.05, 0) is 17.9 Å². The molecule has 1 amide bonds. The number of hydrogen-bond donors (Lipinski definition) is 1. The number of halogens is 2. The summed E-state index contributed by atoms with van der Waals surface area (Å²) in [6.07, 6.45) is -2.29. The molecule has 3 nitrogen and oxygen atoms in total. The highest BCUT2D eigenvalue weighted by atomic mass is 19.3. The van der Waals surface area contributed by atoms with Crippen molar-refractivity contribution < 1.29 is 13.6 Å². The highest BCUT2D eigenvalue weighted by molar-refractivity contribution is 5.84. The molecule has 2 atom stereocenters. The van der Waals surface area contributed by atoms with Crippen molar-refractivity contribution in [3.8, 4) is 0 Å². The normalized spacial score (nSPS) is 23.1. The molecule has 0 bridgehead atoms. The zero-order valence-electron chi connectivity index (χ0n) is 11.7. The topological polar surface area (TPSA) is 32.3 Å². The molecular weight excluding hydrogens is 262 g/mol. The molecule has 110 valence electrons. The molecule has 1 aliphatic rings.